The second kappa shape index (κ2) is 5.70. The lowest BCUT2D eigenvalue weighted by Gasteiger charge is -2.25. The van der Waals surface area contributed by atoms with E-state index < -0.39 is 5.60 Å². The Bertz CT molecular complexity index is 513. The molecule has 2 rings (SSSR count). The largest absolute Gasteiger partial charge is 0.460 e. The van der Waals surface area contributed by atoms with Crippen molar-refractivity contribution in [1.29, 1.82) is 0 Å². The maximum absolute atomic E-state index is 14.0. The van der Waals surface area contributed by atoms with Crippen molar-refractivity contribution in [2.24, 2.45) is 5.92 Å². The molecular weight excluding hydrogens is 281 g/mol. The number of benzene rings is 1. The van der Waals surface area contributed by atoms with Crippen molar-refractivity contribution < 1.29 is 13.9 Å². The lowest BCUT2D eigenvalue weighted by atomic mass is 9.88. The maximum atomic E-state index is 14.0. The molecule has 0 bridgehead atoms. The van der Waals surface area contributed by atoms with Gasteiger partial charge in [-0.1, -0.05) is 11.6 Å². The molecule has 0 saturated carbocycles. The van der Waals surface area contributed by atoms with E-state index in [-0.39, 0.29) is 23.6 Å². The quantitative estimate of drug-likeness (QED) is 0.853. The second-order valence-electron chi connectivity index (χ2n) is 6.07. The summed E-state index contributed by atoms with van der Waals surface area (Å²) in [6.45, 7) is 6.50. The molecule has 20 heavy (non-hydrogen) atoms. The first kappa shape index (κ1) is 15.3. The molecule has 0 aliphatic carbocycles. The number of nitrogens with one attached hydrogen (secondary N) is 1. The Morgan fingerprint density at radius 2 is 2.10 bits per heavy atom. The van der Waals surface area contributed by atoms with Gasteiger partial charge in [0.2, 0.25) is 0 Å². The van der Waals surface area contributed by atoms with Crippen LogP contribution in [0.25, 0.3) is 0 Å². The third kappa shape index (κ3) is 3.49. The van der Waals surface area contributed by atoms with E-state index >= 15 is 0 Å². The molecular formula is C15H19ClFNO2. The van der Waals surface area contributed by atoms with Gasteiger partial charge in [-0.05, 0) is 44.5 Å². The number of rotatable bonds is 2. The van der Waals surface area contributed by atoms with E-state index in [1.54, 1.807) is 6.07 Å². The van der Waals surface area contributed by atoms with Crippen molar-refractivity contribution in [3.05, 3.63) is 34.6 Å². The van der Waals surface area contributed by atoms with Crippen molar-refractivity contribution in [3.8, 4) is 0 Å². The standard InChI is InChI=1S/C15H19ClFNO2/c1-15(2,3)20-14(19)12-8-18-7-11(12)10-6-9(16)4-5-13(10)17/h4-6,11-12,18H,7-8H2,1-3H3/t11-,12+/m0/s1. The number of carbonyl (C=O) groups excluding carboxylic acids is 1. The van der Waals surface area contributed by atoms with E-state index in [0.717, 1.165) is 0 Å². The molecule has 1 heterocycles. The summed E-state index contributed by atoms with van der Waals surface area (Å²) in [5.74, 6) is -1.27. The minimum atomic E-state index is -0.545. The van der Waals surface area contributed by atoms with Crippen molar-refractivity contribution in [1.82, 2.24) is 5.32 Å². The minimum absolute atomic E-state index is 0.247. The van der Waals surface area contributed by atoms with Gasteiger partial charge in [0.1, 0.15) is 11.4 Å². The fourth-order valence-electron chi connectivity index (χ4n) is 2.43. The number of halogens is 2. The summed E-state index contributed by atoms with van der Waals surface area (Å²) >= 11 is 5.93. The van der Waals surface area contributed by atoms with E-state index in [1.165, 1.54) is 12.1 Å². The van der Waals surface area contributed by atoms with Gasteiger partial charge in [-0.3, -0.25) is 4.79 Å². The molecule has 2 atom stereocenters. The van der Waals surface area contributed by atoms with Gasteiger partial charge in [0.15, 0.2) is 0 Å². The van der Waals surface area contributed by atoms with Gasteiger partial charge in [0.05, 0.1) is 5.92 Å². The Kier molecular flexibility index (Phi) is 4.35. The molecule has 3 nitrogen and oxygen atoms in total. The smallest absolute Gasteiger partial charge is 0.311 e. The number of hydrogen-bond acceptors (Lipinski definition) is 3. The highest BCUT2D eigenvalue weighted by atomic mass is 35.5. The monoisotopic (exact) mass is 299 g/mol. The van der Waals surface area contributed by atoms with Gasteiger partial charge in [-0.2, -0.15) is 0 Å². The van der Waals surface area contributed by atoms with Crippen LogP contribution in [0.2, 0.25) is 5.02 Å². The third-order valence-corrected chi connectivity index (χ3v) is 3.52. The summed E-state index contributed by atoms with van der Waals surface area (Å²) in [6.07, 6.45) is 0. The molecule has 0 spiro atoms. The Morgan fingerprint density at radius 1 is 1.40 bits per heavy atom. The Balaban J connectivity index is 2.23. The average molecular weight is 300 g/mol. The van der Waals surface area contributed by atoms with Gasteiger partial charge in [-0.25, -0.2) is 4.39 Å². The van der Waals surface area contributed by atoms with Crippen molar-refractivity contribution >= 4 is 17.6 Å². The van der Waals surface area contributed by atoms with Crippen LogP contribution in [0.1, 0.15) is 32.3 Å². The molecule has 110 valence electrons. The van der Waals surface area contributed by atoms with E-state index in [9.17, 15) is 9.18 Å². The third-order valence-electron chi connectivity index (χ3n) is 3.28. The van der Waals surface area contributed by atoms with Crippen LogP contribution in [0.15, 0.2) is 18.2 Å². The summed E-state index contributed by atoms with van der Waals surface area (Å²) in [5.41, 5.74) is -0.0738. The summed E-state index contributed by atoms with van der Waals surface area (Å²) in [6, 6.07) is 4.43. The molecule has 0 aromatic heterocycles. The first-order valence-electron chi connectivity index (χ1n) is 6.66. The highest BCUT2D eigenvalue weighted by Crippen LogP contribution is 2.33. The predicted molar refractivity (Wildman–Crippen MR) is 76.4 cm³/mol. The van der Waals surface area contributed by atoms with Crippen LogP contribution >= 0.6 is 11.6 Å². The molecule has 1 saturated heterocycles. The normalized spacial score (nSPS) is 22.9. The zero-order chi connectivity index (χ0) is 14.9. The van der Waals surface area contributed by atoms with Crippen LogP contribution in [0.4, 0.5) is 4.39 Å². The number of hydrogen-bond donors (Lipinski definition) is 1. The van der Waals surface area contributed by atoms with Crippen molar-refractivity contribution in [3.63, 3.8) is 0 Å². The van der Waals surface area contributed by atoms with Crippen LogP contribution in [0.3, 0.4) is 0 Å². The van der Waals surface area contributed by atoms with Gasteiger partial charge in [-0.15, -0.1) is 0 Å². The zero-order valence-corrected chi connectivity index (χ0v) is 12.6. The Hall–Kier alpha value is -1.13. The van der Waals surface area contributed by atoms with Gasteiger partial charge < -0.3 is 10.1 Å². The van der Waals surface area contributed by atoms with Crippen LogP contribution < -0.4 is 5.32 Å². The van der Waals surface area contributed by atoms with Gasteiger partial charge in [0.25, 0.3) is 0 Å². The highest BCUT2D eigenvalue weighted by Gasteiger charge is 2.38. The molecule has 0 amide bonds. The van der Waals surface area contributed by atoms with Crippen LogP contribution in [-0.4, -0.2) is 24.7 Å². The van der Waals surface area contributed by atoms with E-state index in [4.69, 9.17) is 16.3 Å². The highest BCUT2D eigenvalue weighted by molar-refractivity contribution is 6.30. The fraction of sp³-hybridized carbons (Fsp3) is 0.533. The summed E-state index contributed by atoms with van der Waals surface area (Å²) in [4.78, 5) is 12.2. The molecule has 1 aliphatic rings. The first-order valence-corrected chi connectivity index (χ1v) is 7.04. The summed E-state index contributed by atoms with van der Waals surface area (Å²) in [5, 5.41) is 3.59. The lowest BCUT2D eigenvalue weighted by molar-refractivity contribution is -0.159. The molecule has 0 unspecified atom stereocenters. The minimum Gasteiger partial charge on any atom is -0.460 e. The molecule has 1 fully saturated rings. The number of carbonyl (C=O) groups is 1. The average Bonchev–Trinajstić information content (AvgIpc) is 2.79. The SMILES string of the molecule is CC(C)(C)OC(=O)[C@@H]1CNC[C@H]1c1cc(Cl)ccc1F. The van der Waals surface area contributed by atoms with Crippen molar-refractivity contribution in [2.75, 3.05) is 13.1 Å². The summed E-state index contributed by atoms with van der Waals surface area (Å²) < 4.78 is 19.4. The van der Waals surface area contributed by atoms with E-state index in [0.29, 0.717) is 23.7 Å². The maximum Gasteiger partial charge on any atom is 0.311 e. The van der Waals surface area contributed by atoms with Gasteiger partial charge in [0, 0.05) is 24.0 Å². The van der Waals surface area contributed by atoms with Gasteiger partial charge >= 0.3 is 5.97 Å². The van der Waals surface area contributed by atoms with Crippen LogP contribution in [0.5, 0.6) is 0 Å². The molecule has 1 N–H and O–H groups in total. The van der Waals surface area contributed by atoms with E-state index in [2.05, 4.69) is 5.32 Å². The van der Waals surface area contributed by atoms with E-state index in [1.807, 2.05) is 20.8 Å². The molecule has 0 radical (unpaired) electrons. The number of esters is 1. The van der Waals surface area contributed by atoms with Crippen LogP contribution in [-0.2, 0) is 9.53 Å². The molecule has 5 heteroatoms. The fourth-order valence-corrected chi connectivity index (χ4v) is 2.61. The topological polar surface area (TPSA) is 38.3 Å². The second-order valence-corrected chi connectivity index (χ2v) is 6.51. The Morgan fingerprint density at radius 3 is 2.75 bits per heavy atom. The molecule has 1 aromatic carbocycles. The zero-order valence-electron chi connectivity index (χ0n) is 11.9. The molecule has 1 aliphatic heterocycles. The predicted octanol–water partition coefficient (Wildman–Crippen LogP) is 3.12. The lowest BCUT2D eigenvalue weighted by Crippen LogP contribution is -2.32. The van der Waals surface area contributed by atoms with Crippen LogP contribution in [0, 0.1) is 11.7 Å². The first-order chi connectivity index (χ1) is 9.28. The van der Waals surface area contributed by atoms with Crippen molar-refractivity contribution in [2.45, 2.75) is 32.3 Å². The Labute approximate surface area is 123 Å². The number of ether oxygens (including phenoxy) is 1. The summed E-state index contributed by atoms with van der Waals surface area (Å²) in [7, 11) is 0. The molecule has 1 aromatic rings.